The van der Waals surface area contributed by atoms with Crippen molar-refractivity contribution in [2.24, 2.45) is 0 Å². The Morgan fingerprint density at radius 2 is 2.12 bits per heavy atom. The Balaban J connectivity index is 1.31. The van der Waals surface area contributed by atoms with Gasteiger partial charge < -0.3 is 19.5 Å². The van der Waals surface area contributed by atoms with Crippen molar-refractivity contribution in [1.82, 2.24) is 15.4 Å². The van der Waals surface area contributed by atoms with E-state index in [1.54, 1.807) is 12.3 Å². The lowest BCUT2D eigenvalue weighted by Crippen LogP contribution is -2.50. The first-order chi connectivity index (χ1) is 12.2. The number of urea groups is 1. The predicted molar refractivity (Wildman–Crippen MR) is 88.0 cm³/mol. The Labute approximate surface area is 144 Å². The first kappa shape index (κ1) is 15.9. The fourth-order valence-corrected chi connectivity index (χ4v) is 3.53. The molecule has 1 aromatic heterocycles. The van der Waals surface area contributed by atoms with Crippen molar-refractivity contribution in [1.29, 1.82) is 0 Å². The number of halogens is 1. The molecule has 2 aliphatic rings. The first-order valence-electron chi connectivity index (χ1n) is 8.56. The molecule has 0 aliphatic carbocycles. The average molecular weight is 345 g/mol. The van der Waals surface area contributed by atoms with Gasteiger partial charge in [-0.1, -0.05) is 5.16 Å². The highest BCUT2D eigenvalue weighted by atomic mass is 19.1. The Hall–Kier alpha value is -2.57. The number of carbonyl (C=O) groups is 1. The number of fused-ring (bicyclic) bond motifs is 1. The highest BCUT2D eigenvalue weighted by molar-refractivity contribution is 5.74. The number of amides is 2. The maximum atomic E-state index is 13.4. The van der Waals surface area contributed by atoms with Gasteiger partial charge >= 0.3 is 6.03 Å². The molecule has 7 heteroatoms. The van der Waals surface area contributed by atoms with Crippen LogP contribution in [-0.4, -0.2) is 41.8 Å². The molecule has 1 aromatic carbocycles. The first-order valence-corrected chi connectivity index (χ1v) is 8.56. The molecule has 0 saturated carbocycles. The van der Waals surface area contributed by atoms with Gasteiger partial charge in [0.1, 0.15) is 24.4 Å². The van der Waals surface area contributed by atoms with Crippen LogP contribution in [0.4, 0.5) is 9.18 Å². The Bertz CT molecular complexity index is 742. The summed E-state index contributed by atoms with van der Waals surface area (Å²) in [5.74, 6) is 0.750. The summed E-state index contributed by atoms with van der Waals surface area (Å²) >= 11 is 0. The lowest BCUT2D eigenvalue weighted by atomic mass is 9.94. The largest absolute Gasteiger partial charge is 0.491 e. The number of hydrogen-bond acceptors (Lipinski definition) is 4. The van der Waals surface area contributed by atoms with Crippen LogP contribution in [-0.2, 0) is 6.42 Å². The van der Waals surface area contributed by atoms with Crippen LogP contribution < -0.4 is 10.1 Å². The number of hydrogen-bond donors (Lipinski definition) is 1. The molecule has 1 atom stereocenters. The zero-order valence-electron chi connectivity index (χ0n) is 13.8. The van der Waals surface area contributed by atoms with E-state index in [4.69, 9.17) is 9.26 Å². The summed E-state index contributed by atoms with van der Waals surface area (Å²) in [4.78, 5) is 14.3. The highest BCUT2D eigenvalue weighted by Gasteiger charge is 2.28. The second kappa shape index (κ2) is 6.74. The lowest BCUT2D eigenvalue weighted by Gasteiger charge is -2.33. The van der Waals surface area contributed by atoms with E-state index < -0.39 is 0 Å². The fourth-order valence-electron chi connectivity index (χ4n) is 3.53. The molecule has 1 N–H and O–H groups in total. The minimum Gasteiger partial charge on any atom is -0.491 e. The van der Waals surface area contributed by atoms with Crippen LogP contribution in [0.3, 0.4) is 0 Å². The number of aromatic nitrogens is 1. The number of benzene rings is 1. The molecule has 6 nitrogen and oxygen atoms in total. The standard InChI is InChI=1S/C18H20FN3O3/c19-14-1-2-17-13(9-14)10-15(11-24-17)20-18(23)22-6-3-12(4-7-22)16-5-8-25-21-16/h1-2,5,8-9,12,15H,3-4,6-7,10-11H2,(H,20,23). The maximum Gasteiger partial charge on any atom is 0.317 e. The minimum atomic E-state index is -0.288. The van der Waals surface area contributed by atoms with Gasteiger partial charge in [0, 0.05) is 25.1 Å². The van der Waals surface area contributed by atoms with Crippen molar-refractivity contribution in [2.75, 3.05) is 19.7 Å². The van der Waals surface area contributed by atoms with Crippen molar-refractivity contribution in [3.05, 3.63) is 47.6 Å². The molecule has 3 heterocycles. The molecule has 4 rings (SSSR count). The molecule has 2 amide bonds. The van der Waals surface area contributed by atoms with Crippen LogP contribution in [0.2, 0.25) is 0 Å². The highest BCUT2D eigenvalue weighted by Crippen LogP contribution is 2.28. The second-order valence-electron chi connectivity index (χ2n) is 6.60. The topological polar surface area (TPSA) is 67.6 Å². The van der Waals surface area contributed by atoms with E-state index in [1.165, 1.54) is 12.1 Å². The summed E-state index contributed by atoms with van der Waals surface area (Å²) in [6, 6.07) is 6.14. The Morgan fingerprint density at radius 3 is 2.88 bits per heavy atom. The van der Waals surface area contributed by atoms with Crippen LogP contribution in [0.5, 0.6) is 5.75 Å². The van der Waals surface area contributed by atoms with Gasteiger partial charge in [-0.05, 0) is 43.0 Å². The molecular formula is C18H20FN3O3. The van der Waals surface area contributed by atoms with E-state index in [0.717, 1.165) is 24.1 Å². The van der Waals surface area contributed by atoms with Crippen LogP contribution in [0.25, 0.3) is 0 Å². The van der Waals surface area contributed by atoms with Gasteiger partial charge in [-0.3, -0.25) is 0 Å². The summed E-state index contributed by atoms with van der Waals surface area (Å²) < 4.78 is 23.9. The van der Waals surface area contributed by atoms with Crippen LogP contribution in [0.15, 0.2) is 35.1 Å². The number of piperidine rings is 1. The van der Waals surface area contributed by atoms with Gasteiger partial charge in [0.25, 0.3) is 0 Å². The lowest BCUT2D eigenvalue weighted by molar-refractivity contribution is 0.166. The second-order valence-corrected chi connectivity index (χ2v) is 6.60. The zero-order valence-corrected chi connectivity index (χ0v) is 13.8. The Morgan fingerprint density at radius 1 is 1.28 bits per heavy atom. The molecule has 1 unspecified atom stereocenters. The monoisotopic (exact) mass is 345 g/mol. The fraction of sp³-hybridized carbons (Fsp3) is 0.444. The van der Waals surface area contributed by atoms with Crippen LogP contribution in [0, 0.1) is 5.82 Å². The molecule has 132 valence electrons. The van der Waals surface area contributed by atoms with Gasteiger partial charge in [0.2, 0.25) is 0 Å². The molecule has 1 saturated heterocycles. The molecule has 2 aliphatic heterocycles. The van der Waals surface area contributed by atoms with Gasteiger partial charge in [0.15, 0.2) is 0 Å². The third-order valence-electron chi connectivity index (χ3n) is 4.91. The van der Waals surface area contributed by atoms with Gasteiger partial charge in [-0.2, -0.15) is 0 Å². The predicted octanol–water partition coefficient (Wildman–Crippen LogP) is 2.71. The van der Waals surface area contributed by atoms with Crippen molar-refractivity contribution < 1.29 is 18.4 Å². The summed E-state index contributed by atoms with van der Waals surface area (Å²) in [5.41, 5.74) is 1.75. The molecular weight excluding hydrogens is 325 g/mol. The summed E-state index contributed by atoms with van der Waals surface area (Å²) in [6.45, 7) is 1.77. The normalized spacial score (nSPS) is 20.7. The third kappa shape index (κ3) is 3.45. The molecule has 25 heavy (non-hydrogen) atoms. The van der Waals surface area contributed by atoms with Crippen LogP contribution in [0.1, 0.15) is 30.0 Å². The van der Waals surface area contributed by atoms with Crippen molar-refractivity contribution >= 4 is 6.03 Å². The summed E-state index contributed by atoms with van der Waals surface area (Å²) in [6.07, 6.45) is 3.90. The van der Waals surface area contributed by atoms with Gasteiger partial charge in [0.05, 0.1) is 11.7 Å². The summed E-state index contributed by atoms with van der Waals surface area (Å²) in [5, 5.41) is 6.99. The number of carbonyl (C=O) groups excluding carboxylic acids is 1. The quantitative estimate of drug-likeness (QED) is 0.909. The van der Waals surface area contributed by atoms with Crippen LogP contribution >= 0.6 is 0 Å². The zero-order chi connectivity index (χ0) is 17.2. The SMILES string of the molecule is O=C(NC1COc2ccc(F)cc2C1)N1CCC(c2ccon2)CC1. The minimum absolute atomic E-state index is 0.0907. The smallest absolute Gasteiger partial charge is 0.317 e. The number of nitrogens with zero attached hydrogens (tertiary/aromatic N) is 2. The van der Waals surface area contributed by atoms with Gasteiger partial charge in [-0.25, -0.2) is 9.18 Å². The number of likely N-dealkylation sites (tertiary alicyclic amines) is 1. The molecule has 0 bridgehead atoms. The van der Waals surface area contributed by atoms with E-state index in [9.17, 15) is 9.18 Å². The van der Waals surface area contributed by atoms with E-state index in [2.05, 4.69) is 10.5 Å². The maximum absolute atomic E-state index is 13.4. The molecule has 0 radical (unpaired) electrons. The van der Waals surface area contributed by atoms with E-state index in [0.29, 0.717) is 37.8 Å². The third-order valence-corrected chi connectivity index (χ3v) is 4.91. The average Bonchev–Trinajstić information content (AvgIpc) is 3.16. The molecule has 0 spiro atoms. The van der Waals surface area contributed by atoms with Crippen molar-refractivity contribution in [3.8, 4) is 5.75 Å². The van der Waals surface area contributed by atoms with Crippen molar-refractivity contribution in [2.45, 2.75) is 31.2 Å². The Kier molecular flexibility index (Phi) is 4.29. The molecule has 2 aromatic rings. The number of rotatable bonds is 2. The van der Waals surface area contributed by atoms with Crippen molar-refractivity contribution in [3.63, 3.8) is 0 Å². The van der Waals surface area contributed by atoms with E-state index >= 15 is 0 Å². The van der Waals surface area contributed by atoms with E-state index in [-0.39, 0.29) is 17.9 Å². The van der Waals surface area contributed by atoms with E-state index in [1.807, 2.05) is 11.0 Å². The number of ether oxygens (including phenoxy) is 1. The molecule has 1 fully saturated rings. The van der Waals surface area contributed by atoms with Gasteiger partial charge in [-0.15, -0.1) is 0 Å². The number of nitrogens with one attached hydrogen (secondary N) is 1. The summed E-state index contributed by atoms with van der Waals surface area (Å²) in [7, 11) is 0.